The predicted octanol–water partition coefficient (Wildman–Crippen LogP) is 4.64. The predicted molar refractivity (Wildman–Crippen MR) is 96.1 cm³/mol. The van der Waals surface area contributed by atoms with Crippen molar-refractivity contribution < 1.29 is 0 Å². The van der Waals surface area contributed by atoms with Gasteiger partial charge in [0, 0.05) is 23.7 Å². The van der Waals surface area contributed by atoms with E-state index in [4.69, 9.17) is 16.9 Å². The second-order valence-corrected chi connectivity index (χ2v) is 6.83. The van der Waals surface area contributed by atoms with Crippen LogP contribution < -0.4 is 5.56 Å². The molecule has 0 spiro atoms. The Hall–Kier alpha value is -1.51. The van der Waals surface area contributed by atoms with Crippen LogP contribution in [0.25, 0.3) is 10.9 Å². The maximum atomic E-state index is 12.8. The van der Waals surface area contributed by atoms with Gasteiger partial charge in [-0.3, -0.25) is 9.36 Å². The van der Waals surface area contributed by atoms with E-state index in [9.17, 15) is 4.79 Å². The Morgan fingerprint density at radius 3 is 2.91 bits per heavy atom. The van der Waals surface area contributed by atoms with Gasteiger partial charge in [-0.15, -0.1) is 0 Å². The van der Waals surface area contributed by atoms with Crippen molar-refractivity contribution in [2.24, 2.45) is 0 Å². The van der Waals surface area contributed by atoms with Crippen molar-refractivity contribution in [2.45, 2.75) is 50.7 Å². The van der Waals surface area contributed by atoms with E-state index in [1.54, 1.807) is 22.8 Å². The normalized spacial score (nSPS) is 10.8. The number of nitriles is 1. The quantitative estimate of drug-likeness (QED) is 0.396. The number of unbranched alkanes of at least 4 members (excludes halogenated alkanes) is 3. The van der Waals surface area contributed by atoms with Crippen LogP contribution in [0.15, 0.2) is 28.2 Å². The first-order chi connectivity index (χ1) is 11.2. The molecule has 0 unspecified atom stereocenters. The summed E-state index contributed by atoms with van der Waals surface area (Å²) in [5.74, 6) is 0.778. The lowest BCUT2D eigenvalue weighted by Gasteiger charge is -2.13. The highest BCUT2D eigenvalue weighted by Crippen LogP contribution is 2.21. The zero-order valence-electron chi connectivity index (χ0n) is 13.2. The van der Waals surface area contributed by atoms with E-state index in [1.807, 2.05) is 0 Å². The molecule has 0 fully saturated rings. The fourth-order valence-electron chi connectivity index (χ4n) is 2.32. The third kappa shape index (κ3) is 4.73. The van der Waals surface area contributed by atoms with Crippen LogP contribution in [0.5, 0.6) is 0 Å². The summed E-state index contributed by atoms with van der Waals surface area (Å²) in [5, 5.41) is 10.5. The first-order valence-electron chi connectivity index (χ1n) is 7.87. The van der Waals surface area contributed by atoms with E-state index in [-0.39, 0.29) is 5.56 Å². The van der Waals surface area contributed by atoms with Gasteiger partial charge in [0.2, 0.25) is 0 Å². The summed E-state index contributed by atoms with van der Waals surface area (Å²) >= 11 is 7.56. The van der Waals surface area contributed by atoms with Crippen molar-refractivity contribution in [1.29, 1.82) is 5.26 Å². The number of thioether (sulfide) groups is 1. The summed E-state index contributed by atoms with van der Waals surface area (Å²) in [6.45, 7) is 2.82. The topological polar surface area (TPSA) is 58.7 Å². The highest BCUT2D eigenvalue weighted by atomic mass is 35.5. The average molecular weight is 350 g/mol. The lowest BCUT2D eigenvalue weighted by Crippen LogP contribution is -2.23. The molecule has 2 rings (SSSR count). The Morgan fingerprint density at radius 1 is 1.35 bits per heavy atom. The molecule has 1 aromatic heterocycles. The molecule has 0 radical (unpaired) electrons. The second kappa shape index (κ2) is 8.95. The molecule has 122 valence electrons. The number of halogens is 1. The maximum absolute atomic E-state index is 12.8. The van der Waals surface area contributed by atoms with E-state index in [0.29, 0.717) is 28.9 Å². The van der Waals surface area contributed by atoms with Gasteiger partial charge in [-0.1, -0.05) is 43.1 Å². The molecule has 0 saturated carbocycles. The van der Waals surface area contributed by atoms with Crippen LogP contribution in [0.2, 0.25) is 5.02 Å². The highest BCUT2D eigenvalue weighted by molar-refractivity contribution is 7.99. The molecule has 0 aliphatic carbocycles. The van der Waals surface area contributed by atoms with Gasteiger partial charge in [0.1, 0.15) is 0 Å². The number of benzene rings is 1. The Balaban J connectivity index is 2.36. The summed E-state index contributed by atoms with van der Waals surface area (Å²) in [5.41, 5.74) is 0.627. The summed E-state index contributed by atoms with van der Waals surface area (Å²) in [7, 11) is 0. The van der Waals surface area contributed by atoms with E-state index in [0.717, 1.165) is 36.6 Å². The van der Waals surface area contributed by atoms with Crippen LogP contribution in [-0.2, 0) is 6.54 Å². The molecule has 0 N–H and O–H groups in total. The molecule has 23 heavy (non-hydrogen) atoms. The molecular formula is C17H20ClN3OS. The molecule has 1 heterocycles. The number of nitrogens with zero attached hydrogens (tertiary/aromatic N) is 3. The molecule has 6 heteroatoms. The minimum atomic E-state index is -0.00875. The zero-order chi connectivity index (χ0) is 16.7. The fraction of sp³-hybridized carbons (Fsp3) is 0.471. The van der Waals surface area contributed by atoms with Crippen molar-refractivity contribution in [3.63, 3.8) is 0 Å². The Labute approximate surface area is 145 Å². The average Bonchev–Trinajstić information content (AvgIpc) is 2.54. The first-order valence-corrected chi connectivity index (χ1v) is 9.23. The van der Waals surface area contributed by atoms with Gasteiger partial charge in [0.15, 0.2) is 5.16 Å². The van der Waals surface area contributed by atoms with E-state index >= 15 is 0 Å². The summed E-state index contributed by atoms with van der Waals surface area (Å²) in [6, 6.07) is 7.34. The molecular weight excluding hydrogens is 330 g/mol. The number of aromatic nitrogens is 2. The standard InChI is InChI=1S/C17H20ClN3OS/c1-2-3-5-10-21-16(22)14-8-7-13(18)12-15(14)20-17(21)23-11-6-4-9-19/h7-8,12H,2-6,10-11H2,1H3. The van der Waals surface area contributed by atoms with Crippen molar-refractivity contribution in [3.05, 3.63) is 33.6 Å². The Morgan fingerprint density at radius 2 is 2.17 bits per heavy atom. The third-order valence-electron chi connectivity index (χ3n) is 3.53. The van der Waals surface area contributed by atoms with Crippen molar-refractivity contribution in [2.75, 3.05) is 5.75 Å². The molecule has 2 aromatic rings. The Kier molecular flexibility index (Phi) is 6.94. The molecule has 1 aromatic carbocycles. The maximum Gasteiger partial charge on any atom is 0.262 e. The number of hydrogen-bond donors (Lipinski definition) is 0. The van der Waals surface area contributed by atoms with Crippen molar-refractivity contribution >= 4 is 34.3 Å². The van der Waals surface area contributed by atoms with E-state index in [2.05, 4.69) is 18.0 Å². The highest BCUT2D eigenvalue weighted by Gasteiger charge is 2.11. The number of rotatable bonds is 8. The van der Waals surface area contributed by atoms with E-state index < -0.39 is 0 Å². The lowest BCUT2D eigenvalue weighted by atomic mass is 10.2. The minimum absolute atomic E-state index is 0.00875. The summed E-state index contributed by atoms with van der Waals surface area (Å²) in [6.07, 6.45) is 4.47. The van der Waals surface area contributed by atoms with Gasteiger partial charge in [0.25, 0.3) is 5.56 Å². The second-order valence-electron chi connectivity index (χ2n) is 5.33. The first kappa shape index (κ1) is 17.8. The number of fused-ring (bicyclic) bond motifs is 1. The largest absolute Gasteiger partial charge is 0.287 e. The Bertz CT molecular complexity index is 767. The molecule has 0 aliphatic rings. The van der Waals surface area contributed by atoms with Crippen molar-refractivity contribution in [1.82, 2.24) is 9.55 Å². The molecule has 4 nitrogen and oxygen atoms in total. The summed E-state index contributed by atoms with van der Waals surface area (Å²) in [4.78, 5) is 17.4. The van der Waals surface area contributed by atoms with Crippen molar-refractivity contribution in [3.8, 4) is 6.07 Å². The summed E-state index contributed by atoms with van der Waals surface area (Å²) < 4.78 is 1.77. The molecule has 0 amide bonds. The fourth-order valence-corrected chi connectivity index (χ4v) is 3.45. The van der Waals surface area contributed by atoms with Gasteiger partial charge in [-0.25, -0.2) is 4.98 Å². The smallest absolute Gasteiger partial charge is 0.262 e. The van der Waals surface area contributed by atoms with Gasteiger partial charge < -0.3 is 0 Å². The lowest BCUT2D eigenvalue weighted by molar-refractivity contribution is 0.541. The van der Waals surface area contributed by atoms with E-state index in [1.165, 1.54) is 11.8 Å². The van der Waals surface area contributed by atoms with Gasteiger partial charge in [-0.2, -0.15) is 5.26 Å². The monoisotopic (exact) mass is 349 g/mol. The van der Waals surface area contributed by atoms with Gasteiger partial charge in [-0.05, 0) is 31.0 Å². The SMILES string of the molecule is CCCCCn1c(SCCCC#N)nc2cc(Cl)ccc2c1=O. The molecule has 0 atom stereocenters. The number of hydrogen-bond acceptors (Lipinski definition) is 4. The van der Waals surface area contributed by atoms with Crippen LogP contribution in [-0.4, -0.2) is 15.3 Å². The van der Waals surface area contributed by atoms with Crippen LogP contribution in [0.4, 0.5) is 0 Å². The van der Waals surface area contributed by atoms with Crippen LogP contribution in [0, 0.1) is 11.3 Å². The van der Waals surface area contributed by atoms with Crippen LogP contribution in [0.3, 0.4) is 0 Å². The third-order valence-corrected chi connectivity index (χ3v) is 4.83. The van der Waals surface area contributed by atoms with Gasteiger partial charge >= 0.3 is 0 Å². The van der Waals surface area contributed by atoms with Gasteiger partial charge in [0.05, 0.1) is 17.0 Å². The van der Waals surface area contributed by atoms with Crippen LogP contribution >= 0.6 is 23.4 Å². The van der Waals surface area contributed by atoms with Crippen LogP contribution in [0.1, 0.15) is 39.0 Å². The molecule has 0 bridgehead atoms. The molecule has 0 aliphatic heterocycles. The molecule has 0 saturated heterocycles. The minimum Gasteiger partial charge on any atom is -0.287 e. The zero-order valence-corrected chi connectivity index (χ0v) is 14.8.